The maximum Gasteiger partial charge on any atom is 0.416 e. The zero-order chi connectivity index (χ0) is 16.9. The molecule has 0 radical (unpaired) electrons. The van der Waals surface area contributed by atoms with E-state index in [9.17, 15) is 18.0 Å². The molecule has 1 aliphatic rings. The van der Waals surface area contributed by atoms with Gasteiger partial charge in [-0.2, -0.15) is 13.2 Å². The number of alkyl halides is 3. The Hall–Kier alpha value is -1.17. The lowest BCUT2D eigenvalue weighted by Crippen LogP contribution is -2.38. The predicted molar refractivity (Wildman–Crippen MR) is 87.2 cm³/mol. The second kappa shape index (κ2) is 8.08. The molecule has 23 heavy (non-hydrogen) atoms. The molecular formula is C17H22F3NOS. The summed E-state index contributed by atoms with van der Waals surface area (Å²) in [6.07, 6.45) is -0.00276. The molecule has 0 atom stereocenters. The number of hydrogen-bond donors (Lipinski definition) is 1. The molecule has 1 fully saturated rings. The van der Waals surface area contributed by atoms with Gasteiger partial charge in [0.2, 0.25) is 5.91 Å². The second-order valence-corrected chi connectivity index (χ2v) is 7.20. The van der Waals surface area contributed by atoms with Gasteiger partial charge in [0.05, 0.1) is 11.3 Å². The van der Waals surface area contributed by atoms with E-state index in [2.05, 4.69) is 12.2 Å². The summed E-state index contributed by atoms with van der Waals surface area (Å²) in [5.41, 5.74) is -0.0551. The van der Waals surface area contributed by atoms with Crippen LogP contribution in [0.3, 0.4) is 0 Å². The van der Waals surface area contributed by atoms with Gasteiger partial charge in [0, 0.05) is 11.8 Å². The van der Waals surface area contributed by atoms with Crippen molar-refractivity contribution in [2.24, 2.45) is 5.92 Å². The van der Waals surface area contributed by atoms with Gasteiger partial charge in [-0.1, -0.05) is 25.1 Å². The van der Waals surface area contributed by atoms with Crippen LogP contribution in [0.5, 0.6) is 0 Å². The van der Waals surface area contributed by atoms with Crippen LogP contribution in [0.4, 0.5) is 13.2 Å². The van der Waals surface area contributed by atoms with Crippen LogP contribution in [0.25, 0.3) is 0 Å². The summed E-state index contributed by atoms with van der Waals surface area (Å²) in [7, 11) is 0. The maximum atomic E-state index is 12.6. The Morgan fingerprint density at radius 1 is 1.26 bits per heavy atom. The number of rotatable bonds is 5. The fourth-order valence-electron chi connectivity index (χ4n) is 2.77. The average Bonchev–Trinajstić information content (AvgIpc) is 2.49. The topological polar surface area (TPSA) is 29.1 Å². The third-order valence-electron chi connectivity index (χ3n) is 4.14. The first-order valence-electron chi connectivity index (χ1n) is 7.88. The highest BCUT2D eigenvalue weighted by atomic mass is 32.2. The highest BCUT2D eigenvalue weighted by molar-refractivity contribution is 7.99. The number of nitrogens with one attached hydrogen (secondary N) is 1. The van der Waals surface area contributed by atoms with Crippen molar-refractivity contribution in [2.45, 2.75) is 50.6 Å². The van der Waals surface area contributed by atoms with Gasteiger partial charge in [-0.3, -0.25) is 4.79 Å². The van der Waals surface area contributed by atoms with Crippen molar-refractivity contribution >= 4 is 17.7 Å². The van der Waals surface area contributed by atoms with Crippen molar-refractivity contribution < 1.29 is 18.0 Å². The monoisotopic (exact) mass is 345 g/mol. The molecule has 0 saturated heterocycles. The Bertz CT molecular complexity index is 525. The third kappa shape index (κ3) is 6.09. The molecule has 1 aromatic carbocycles. The van der Waals surface area contributed by atoms with Gasteiger partial charge in [-0.15, -0.1) is 11.8 Å². The van der Waals surface area contributed by atoms with E-state index in [4.69, 9.17) is 0 Å². The first kappa shape index (κ1) is 18.2. The van der Waals surface area contributed by atoms with Crippen LogP contribution in [-0.2, 0) is 16.7 Å². The Balaban J connectivity index is 1.73. The molecule has 1 aliphatic carbocycles. The molecule has 0 aliphatic heterocycles. The SMILES string of the molecule is CC1CCC(NC(=O)CSCc2cccc(C(F)(F)F)c2)CC1. The van der Waals surface area contributed by atoms with Crippen LogP contribution in [0.1, 0.15) is 43.7 Å². The number of benzene rings is 1. The van der Waals surface area contributed by atoms with Crippen LogP contribution in [-0.4, -0.2) is 17.7 Å². The number of halogens is 3. The van der Waals surface area contributed by atoms with Crippen molar-refractivity contribution in [2.75, 3.05) is 5.75 Å². The van der Waals surface area contributed by atoms with Crippen molar-refractivity contribution in [3.8, 4) is 0 Å². The van der Waals surface area contributed by atoms with Gasteiger partial charge < -0.3 is 5.32 Å². The number of hydrogen-bond acceptors (Lipinski definition) is 2. The zero-order valence-corrected chi connectivity index (χ0v) is 14.0. The van der Waals surface area contributed by atoms with Gasteiger partial charge in [0.15, 0.2) is 0 Å². The van der Waals surface area contributed by atoms with Crippen molar-refractivity contribution in [1.29, 1.82) is 0 Å². The van der Waals surface area contributed by atoms with E-state index in [-0.39, 0.29) is 17.7 Å². The fraction of sp³-hybridized carbons (Fsp3) is 0.588. The average molecular weight is 345 g/mol. The highest BCUT2D eigenvalue weighted by Crippen LogP contribution is 2.30. The molecule has 0 aromatic heterocycles. The van der Waals surface area contributed by atoms with Gasteiger partial charge in [-0.05, 0) is 43.2 Å². The summed E-state index contributed by atoms with van der Waals surface area (Å²) in [6.45, 7) is 2.23. The quantitative estimate of drug-likeness (QED) is 0.843. The van der Waals surface area contributed by atoms with Crippen molar-refractivity contribution in [1.82, 2.24) is 5.32 Å². The summed E-state index contributed by atoms with van der Waals surface area (Å²) in [5, 5.41) is 3.02. The Morgan fingerprint density at radius 3 is 2.61 bits per heavy atom. The molecule has 1 N–H and O–H groups in total. The van der Waals surface area contributed by atoms with Gasteiger partial charge >= 0.3 is 6.18 Å². The van der Waals surface area contributed by atoms with Crippen LogP contribution in [0.15, 0.2) is 24.3 Å². The van der Waals surface area contributed by atoms with E-state index >= 15 is 0 Å². The molecule has 0 heterocycles. The molecule has 1 amide bonds. The smallest absolute Gasteiger partial charge is 0.353 e. The Kier molecular flexibility index (Phi) is 6.39. The Labute approximate surface area is 139 Å². The minimum absolute atomic E-state index is 0.0264. The lowest BCUT2D eigenvalue weighted by Gasteiger charge is -2.26. The maximum absolute atomic E-state index is 12.6. The normalized spacial score (nSPS) is 21.9. The molecule has 1 saturated carbocycles. The van der Waals surface area contributed by atoms with Crippen molar-refractivity contribution in [3.05, 3.63) is 35.4 Å². The highest BCUT2D eigenvalue weighted by Gasteiger charge is 2.30. The van der Waals surface area contributed by atoms with Crippen LogP contribution in [0, 0.1) is 5.92 Å². The first-order valence-corrected chi connectivity index (χ1v) is 9.03. The number of amides is 1. The molecule has 2 rings (SSSR count). The first-order chi connectivity index (χ1) is 10.8. The van der Waals surface area contributed by atoms with Gasteiger partial charge in [0.1, 0.15) is 0 Å². The van der Waals surface area contributed by atoms with E-state index in [1.165, 1.54) is 17.8 Å². The molecule has 6 heteroatoms. The lowest BCUT2D eigenvalue weighted by molar-refractivity contribution is -0.137. The largest absolute Gasteiger partial charge is 0.416 e. The summed E-state index contributed by atoms with van der Waals surface area (Å²) in [4.78, 5) is 11.9. The summed E-state index contributed by atoms with van der Waals surface area (Å²) in [6, 6.07) is 5.52. The second-order valence-electron chi connectivity index (χ2n) is 6.22. The minimum atomic E-state index is -4.32. The summed E-state index contributed by atoms with van der Waals surface area (Å²) >= 11 is 1.34. The molecule has 0 unspecified atom stereocenters. The van der Waals surface area contributed by atoms with E-state index in [1.807, 2.05) is 0 Å². The molecular weight excluding hydrogens is 323 g/mol. The Morgan fingerprint density at radius 2 is 1.96 bits per heavy atom. The number of thioether (sulfide) groups is 1. The van der Waals surface area contributed by atoms with Crippen molar-refractivity contribution in [3.63, 3.8) is 0 Å². The van der Waals surface area contributed by atoms with E-state index in [0.29, 0.717) is 11.3 Å². The summed E-state index contributed by atoms with van der Waals surface area (Å²) < 4.78 is 37.9. The van der Waals surface area contributed by atoms with E-state index in [1.54, 1.807) is 6.07 Å². The number of carbonyl (C=O) groups excluding carboxylic acids is 1. The van der Waals surface area contributed by atoms with Crippen LogP contribution >= 0.6 is 11.8 Å². The van der Waals surface area contributed by atoms with Crippen LogP contribution in [0.2, 0.25) is 0 Å². The lowest BCUT2D eigenvalue weighted by atomic mass is 9.87. The standard InChI is InChI=1S/C17H22F3NOS/c1-12-5-7-15(8-6-12)21-16(22)11-23-10-13-3-2-4-14(9-13)17(18,19)20/h2-4,9,12,15H,5-8,10-11H2,1H3,(H,21,22). The van der Waals surface area contributed by atoms with Crippen LogP contribution < -0.4 is 5.32 Å². The van der Waals surface area contributed by atoms with Gasteiger partial charge in [-0.25, -0.2) is 0 Å². The molecule has 1 aromatic rings. The molecule has 0 spiro atoms. The zero-order valence-electron chi connectivity index (χ0n) is 13.2. The van der Waals surface area contributed by atoms with E-state index < -0.39 is 11.7 Å². The minimum Gasteiger partial charge on any atom is -0.353 e. The predicted octanol–water partition coefficient (Wildman–Crippen LogP) is 4.63. The molecule has 128 valence electrons. The molecule has 0 bridgehead atoms. The summed E-state index contributed by atoms with van der Waals surface area (Å²) in [5.74, 6) is 1.39. The fourth-order valence-corrected chi connectivity index (χ4v) is 3.56. The number of carbonyl (C=O) groups is 1. The van der Waals surface area contributed by atoms with Gasteiger partial charge in [0.25, 0.3) is 0 Å². The van der Waals surface area contributed by atoms with E-state index in [0.717, 1.165) is 43.7 Å². The molecule has 2 nitrogen and oxygen atoms in total. The third-order valence-corrected chi connectivity index (χ3v) is 5.14.